The molecule has 0 fully saturated rings. The fourth-order valence-electron chi connectivity index (χ4n) is 1.81. The second-order valence-corrected chi connectivity index (χ2v) is 3.45. The second kappa shape index (κ2) is 3.77. The molecule has 0 saturated heterocycles. The van der Waals surface area contributed by atoms with Gasteiger partial charge in [-0.25, -0.2) is 0 Å². The molecule has 0 aliphatic carbocycles. The third-order valence-electron chi connectivity index (χ3n) is 2.60. The molecule has 0 aliphatic heterocycles. The number of carbonyl (C=O) groups excluding carboxylic acids is 1. The van der Waals surface area contributed by atoms with Gasteiger partial charge in [0.1, 0.15) is 5.76 Å². The van der Waals surface area contributed by atoms with Crippen LogP contribution in [0.4, 0.5) is 5.69 Å². The Bertz CT molecular complexity index is 500. The monoisotopic (exact) mass is 203 g/mol. The number of nitrogens with one attached hydrogen (secondary N) is 1. The van der Waals surface area contributed by atoms with Crippen molar-refractivity contribution in [3.63, 3.8) is 0 Å². The number of amides is 1. The number of anilines is 1. The van der Waals surface area contributed by atoms with Crippen molar-refractivity contribution >= 4 is 23.1 Å². The normalized spacial score (nSPS) is 10.5. The molecule has 1 amide bonds. The molecule has 15 heavy (non-hydrogen) atoms. The molecule has 0 radical (unpaired) electrons. The number of para-hydroxylation sites is 1. The Labute approximate surface area is 88.1 Å². The lowest BCUT2D eigenvalue weighted by atomic mass is 10.1. The summed E-state index contributed by atoms with van der Waals surface area (Å²) in [5.41, 5.74) is 2.64. The average molecular weight is 203 g/mol. The third kappa shape index (κ3) is 1.50. The summed E-state index contributed by atoms with van der Waals surface area (Å²) in [5, 5.41) is 3.71. The number of furan rings is 1. The van der Waals surface area contributed by atoms with Gasteiger partial charge in [-0.3, -0.25) is 4.79 Å². The van der Waals surface area contributed by atoms with Gasteiger partial charge in [-0.1, -0.05) is 19.1 Å². The number of aryl methyl sites for hydroxylation is 2. The lowest BCUT2D eigenvalue weighted by Gasteiger charge is -1.98. The predicted molar refractivity (Wildman–Crippen MR) is 60.0 cm³/mol. The van der Waals surface area contributed by atoms with Crippen LogP contribution in [0.3, 0.4) is 0 Å². The first-order valence-electron chi connectivity index (χ1n) is 4.99. The van der Waals surface area contributed by atoms with Crippen molar-refractivity contribution in [2.24, 2.45) is 0 Å². The van der Waals surface area contributed by atoms with Crippen LogP contribution in [0.5, 0.6) is 0 Å². The van der Waals surface area contributed by atoms with E-state index in [4.69, 9.17) is 4.42 Å². The Morgan fingerprint density at radius 2 is 2.27 bits per heavy atom. The summed E-state index contributed by atoms with van der Waals surface area (Å²) in [7, 11) is 0. The van der Waals surface area contributed by atoms with Crippen LogP contribution in [0.25, 0.3) is 11.0 Å². The molecule has 0 spiro atoms. The van der Waals surface area contributed by atoms with E-state index in [1.165, 1.54) is 0 Å². The molecule has 1 N–H and O–H groups in total. The molecule has 2 aromatic rings. The van der Waals surface area contributed by atoms with Crippen molar-refractivity contribution in [2.45, 2.75) is 20.3 Å². The Kier molecular flexibility index (Phi) is 2.46. The van der Waals surface area contributed by atoms with Gasteiger partial charge in [-0.05, 0) is 18.6 Å². The van der Waals surface area contributed by atoms with Gasteiger partial charge < -0.3 is 9.73 Å². The average Bonchev–Trinajstić information content (AvgIpc) is 2.58. The van der Waals surface area contributed by atoms with Gasteiger partial charge in [0.2, 0.25) is 6.41 Å². The lowest BCUT2D eigenvalue weighted by Crippen LogP contribution is -1.93. The zero-order chi connectivity index (χ0) is 10.8. The number of hydrogen-bond acceptors (Lipinski definition) is 2. The van der Waals surface area contributed by atoms with Gasteiger partial charge >= 0.3 is 0 Å². The minimum absolute atomic E-state index is 0.665. The third-order valence-corrected chi connectivity index (χ3v) is 2.60. The van der Waals surface area contributed by atoms with Crippen LogP contribution < -0.4 is 5.32 Å². The molecule has 3 nitrogen and oxygen atoms in total. The van der Waals surface area contributed by atoms with Crippen LogP contribution in [-0.2, 0) is 11.2 Å². The maximum absolute atomic E-state index is 10.4. The molecule has 1 heterocycles. The van der Waals surface area contributed by atoms with Crippen molar-refractivity contribution in [2.75, 3.05) is 5.32 Å². The lowest BCUT2D eigenvalue weighted by molar-refractivity contribution is -0.105. The molecule has 3 heteroatoms. The highest BCUT2D eigenvalue weighted by Crippen LogP contribution is 2.30. The quantitative estimate of drug-likeness (QED) is 0.779. The van der Waals surface area contributed by atoms with Crippen LogP contribution in [-0.4, -0.2) is 6.41 Å². The van der Waals surface area contributed by atoms with E-state index in [9.17, 15) is 4.79 Å². The van der Waals surface area contributed by atoms with E-state index in [1.54, 1.807) is 0 Å². The van der Waals surface area contributed by atoms with E-state index < -0.39 is 0 Å². The van der Waals surface area contributed by atoms with E-state index in [-0.39, 0.29) is 0 Å². The fourth-order valence-corrected chi connectivity index (χ4v) is 1.81. The molecule has 0 saturated carbocycles. The van der Waals surface area contributed by atoms with Crippen LogP contribution in [0.1, 0.15) is 18.2 Å². The first-order valence-corrected chi connectivity index (χ1v) is 4.99. The van der Waals surface area contributed by atoms with Gasteiger partial charge in [-0.15, -0.1) is 0 Å². The van der Waals surface area contributed by atoms with E-state index in [1.807, 2.05) is 25.1 Å². The SMILES string of the molecule is CCc1oc2c(NC=O)cccc2c1C. The Morgan fingerprint density at radius 3 is 2.93 bits per heavy atom. The topological polar surface area (TPSA) is 42.2 Å². The smallest absolute Gasteiger partial charge is 0.211 e. The maximum atomic E-state index is 10.4. The molecular weight excluding hydrogens is 190 g/mol. The zero-order valence-electron chi connectivity index (χ0n) is 8.83. The first kappa shape index (κ1) is 9.77. The standard InChI is InChI=1S/C12H13NO2/c1-3-11-8(2)9-5-4-6-10(13-7-14)12(9)15-11/h4-7H,3H2,1-2H3,(H,13,14). The van der Waals surface area contributed by atoms with Crippen molar-refractivity contribution < 1.29 is 9.21 Å². The van der Waals surface area contributed by atoms with Gasteiger partial charge in [-0.2, -0.15) is 0 Å². The van der Waals surface area contributed by atoms with Gasteiger partial charge in [0.25, 0.3) is 0 Å². The highest BCUT2D eigenvalue weighted by molar-refractivity contribution is 5.95. The molecule has 2 rings (SSSR count). The molecule has 0 aliphatic rings. The van der Waals surface area contributed by atoms with Crippen molar-refractivity contribution in [3.8, 4) is 0 Å². The summed E-state index contributed by atoms with van der Waals surface area (Å²) in [5.74, 6) is 0.977. The first-order chi connectivity index (χ1) is 7.27. The summed E-state index contributed by atoms with van der Waals surface area (Å²) in [4.78, 5) is 10.4. The minimum atomic E-state index is 0.665. The van der Waals surface area contributed by atoms with Crippen LogP contribution >= 0.6 is 0 Å². The summed E-state index contributed by atoms with van der Waals surface area (Å²) in [6, 6.07) is 5.75. The Hall–Kier alpha value is -1.77. The van der Waals surface area contributed by atoms with E-state index >= 15 is 0 Å². The van der Waals surface area contributed by atoms with Gasteiger partial charge in [0.15, 0.2) is 5.58 Å². The molecule has 0 bridgehead atoms. The minimum Gasteiger partial charge on any atom is -0.459 e. The number of benzene rings is 1. The molecule has 0 atom stereocenters. The highest BCUT2D eigenvalue weighted by Gasteiger charge is 2.11. The number of fused-ring (bicyclic) bond motifs is 1. The zero-order valence-corrected chi connectivity index (χ0v) is 8.83. The molecular formula is C12H13NO2. The van der Waals surface area contributed by atoms with Gasteiger partial charge in [0, 0.05) is 11.8 Å². The van der Waals surface area contributed by atoms with Crippen LogP contribution in [0.2, 0.25) is 0 Å². The second-order valence-electron chi connectivity index (χ2n) is 3.45. The molecule has 78 valence electrons. The Morgan fingerprint density at radius 1 is 1.47 bits per heavy atom. The Balaban J connectivity index is 2.69. The van der Waals surface area contributed by atoms with E-state index in [2.05, 4.69) is 12.2 Å². The maximum Gasteiger partial charge on any atom is 0.211 e. The van der Waals surface area contributed by atoms with E-state index in [0.29, 0.717) is 6.41 Å². The summed E-state index contributed by atoms with van der Waals surface area (Å²) in [6.45, 7) is 4.09. The molecule has 1 aromatic heterocycles. The highest BCUT2D eigenvalue weighted by atomic mass is 16.3. The van der Waals surface area contributed by atoms with Crippen LogP contribution in [0, 0.1) is 6.92 Å². The molecule has 1 aromatic carbocycles. The molecule has 0 unspecified atom stereocenters. The van der Waals surface area contributed by atoms with Crippen molar-refractivity contribution in [1.29, 1.82) is 0 Å². The number of rotatable bonds is 3. The summed E-state index contributed by atoms with van der Waals surface area (Å²) in [6.07, 6.45) is 1.53. The van der Waals surface area contributed by atoms with Crippen molar-refractivity contribution in [3.05, 3.63) is 29.5 Å². The van der Waals surface area contributed by atoms with E-state index in [0.717, 1.165) is 34.4 Å². The number of hydrogen-bond donors (Lipinski definition) is 1. The summed E-state index contributed by atoms with van der Waals surface area (Å²) < 4.78 is 5.71. The van der Waals surface area contributed by atoms with Crippen LogP contribution in [0.15, 0.2) is 22.6 Å². The summed E-state index contributed by atoms with van der Waals surface area (Å²) >= 11 is 0. The number of carbonyl (C=O) groups is 1. The fraction of sp³-hybridized carbons (Fsp3) is 0.250. The predicted octanol–water partition coefficient (Wildman–Crippen LogP) is 2.87. The van der Waals surface area contributed by atoms with Gasteiger partial charge in [0.05, 0.1) is 5.69 Å². The largest absolute Gasteiger partial charge is 0.459 e. The van der Waals surface area contributed by atoms with Crippen molar-refractivity contribution in [1.82, 2.24) is 0 Å².